The zero-order chi connectivity index (χ0) is 35.6. The number of carbonyl (C=O) groups excluding carboxylic acids is 3. The molecule has 13 heteroatoms. The molecule has 0 aliphatic carbocycles. The Morgan fingerprint density at radius 3 is 2.19 bits per heavy atom. The predicted octanol–water partition coefficient (Wildman–Crippen LogP) is 7.62. The second-order valence-corrected chi connectivity index (χ2v) is 14.1. The summed E-state index contributed by atoms with van der Waals surface area (Å²) in [5.41, 5.74) is 1.50. The molecule has 0 unspecified atom stereocenters. The van der Waals surface area contributed by atoms with Gasteiger partial charge in [-0.1, -0.05) is 29.8 Å². The van der Waals surface area contributed by atoms with Crippen molar-refractivity contribution in [2.24, 2.45) is 7.05 Å². The van der Waals surface area contributed by atoms with Crippen LogP contribution in [0.3, 0.4) is 0 Å². The van der Waals surface area contributed by atoms with E-state index in [1.165, 1.54) is 18.0 Å². The van der Waals surface area contributed by atoms with Crippen molar-refractivity contribution in [1.29, 1.82) is 0 Å². The van der Waals surface area contributed by atoms with Crippen LogP contribution in [-0.2, 0) is 21.3 Å². The van der Waals surface area contributed by atoms with Crippen molar-refractivity contribution < 1.29 is 23.9 Å². The Balaban J connectivity index is 1.84. The molecule has 2 aromatic heterocycles. The van der Waals surface area contributed by atoms with Gasteiger partial charge in [0.1, 0.15) is 11.2 Å². The number of nitrogens with one attached hydrogen (secondary N) is 1. The minimum Gasteiger partial charge on any atom is -0.443 e. The van der Waals surface area contributed by atoms with Gasteiger partial charge in [0.2, 0.25) is 11.9 Å². The summed E-state index contributed by atoms with van der Waals surface area (Å²) in [6.07, 6.45) is 1.93. The normalized spacial score (nSPS) is 11.8. The van der Waals surface area contributed by atoms with Crippen molar-refractivity contribution in [3.63, 3.8) is 0 Å². The Morgan fingerprint density at radius 2 is 1.56 bits per heavy atom. The van der Waals surface area contributed by atoms with Gasteiger partial charge >= 0.3 is 12.2 Å². The maximum atomic E-state index is 13.6. The highest BCUT2D eigenvalue weighted by Gasteiger charge is 2.33. The van der Waals surface area contributed by atoms with Crippen molar-refractivity contribution in [3.8, 4) is 11.3 Å². The maximum Gasteiger partial charge on any atom is 0.421 e. The smallest absolute Gasteiger partial charge is 0.421 e. The monoisotopic (exact) mass is 677 g/mol. The second kappa shape index (κ2) is 14.2. The Morgan fingerprint density at radius 1 is 0.917 bits per heavy atom. The lowest BCUT2D eigenvalue weighted by atomic mass is 10.1. The molecule has 0 aliphatic heterocycles. The molecule has 4 aromatic rings. The van der Waals surface area contributed by atoms with Crippen molar-refractivity contribution in [3.05, 3.63) is 59.9 Å². The SMILES string of the molecule is CC(=O)N(C(=O)OC(C)(C)C)c1cc(Nc2ncc(Cl)c(-c3cn(C)c4ccccc34)n2)ccc1N(CCN(C)C)C(=O)OC(C)(C)C. The molecule has 0 radical (unpaired) electrons. The number of anilines is 4. The number of aromatic nitrogens is 3. The van der Waals surface area contributed by atoms with E-state index < -0.39 is 29.3 Å². The van der Waals surface area contributed by atoms with E-state index >= 15 is 0 Å². The first kappa shape index (κ1) is 36.2. The van der Waals surface area contributed by atoms with E-state index in [2.05, 4.69) is 10.3 Å². The van der Waals surface area contributed by atoms with Crippen molar-refractivity contribution in [2.75, 3.05) is 42.3 Å². The third kappa shape index (κ3) is 8.81. The number of benzene rings is 2. The lowest BCUT2D eigenvalue weighted by molar-refractivity contribution is -0.116. The number of imide groups is 1. The van der Waals surface area contributed by atoms with Gasteiger partial charge in [0.05, 0.1) is 28.3 Å². The molecule has 0 spiro atoms. The molecule has 48 heavy (non-hydrogen) atoms. The van der Waals surface area contributed by atoms with E-state index in [1.807, 2.05) is 61.1 Å². The number of fused-ring (bicyclic) bond motifs is 1. The number of aryl methyl sites for hydroxylation is 1. The second-order valence-electron chi connectivity index (χ2n) is 13.7. The van der Waals surface area contributed by atoms with E-state index in [-0.39, 0.29) is 23.9 Å². The summed E-state index contributed by atoms with van der Waals surface area (Å²) in [4.78, 5) is 53.6. The molecule has 1 N–H and O–H groups in total. The third-order valence-corrected chi connectivity index (χ3v) is 7.21. The zero-order valence-electron chi connectivity index (χ0n) is 29.2. The summed E-state index contributed by atoms with van der Waals surface area (Å²) in [5, 5.41) is 4.53. The van der Waals surface area contributed by atoms with E-state index in [4.69, 9.17) is 26.1 Å². The molecule has 2 aromatic carbocycles. The quantitative estimate of drug-likeness (QED) is 0.201. The molecule has 0 atom stereocenters. The summed E-state index contributed by atoms with van der Waals surface area (Å²) in [5.74, 6) is -0.385. The van der Waals surface area contributed by atoms with E-state index in [0.29, 0.717) is 22.9 Å². The number of hydrogen-bond donors (Lipinski definition) is 1. The summed E-state index contributed by atoms with van der Waals surface area (Å²) in [7, 11) is 5.71. The molecule has 0 bridgehead atoms. The van der Waals surface area contributed by atoms with Crippen LogP contribution in [0.15, 0.2) is 54.9 Å². The predicted molar refractivity (Wildman–Crippen MR) is 190 cm³/mol. The number of amides is 3. The average molecular weight is 678 g/mol. The Hall–Kier alpha value is -4.68. The molecule has 0 fully saturated rings. The van der Waals surface area contributed by atoms with Gasteiger partial charge in [-0.25, -0.2) is 24.5 Å². The number of ether oxygens (including phenoxy) is 2. The van der Waals surface area contributed by atoms with Crippen LogP contribution < -0.4 is 15.1 Å². The van der Waals surface area contributed by atoms with Crippen LogP contribution in [0.4, 0.5) is 32.6 Å². The summed E-state index contributed by atoms with van der Waals surface area (Å²) >= 11 is 6.61. The summed E-state index contributed by atoms with van der Waals surface area (Å²) in [6.45, 7) is 12.4. The summed E-state index contributed by atoms with van der Waals surface area (Å²) in [6, 6.07) is 12.8. The number of para-hydroxylation sites is 1. The molecule has 0 saturated carbocycles. The fraction of sp³-hybridized carbons (Fsp3) is 0.400. The van der Waals surface area contributed by atoms with Gasteiger partial charge in [-0.15, -0.1) is 0 Å². The average Bonchev–Trinajstić information content (AvgIpc) is 3.29. The fourth-order valence-electron chi connectivity index (χ4n) is 4.92. The molecule has 0 saturated heterocycles. The number of likely N-dealkylation sites (N-methyl/N-ethyl adjacent to an activating group) is 1. The highest BCUT2D eigenvalue weighted by Crippen LogP contribution is 2.37. The highest BCUT2D eigenvalue weighted by atomic mass is 35.5. The number of halogens is 1. The standard InChI is InChI=1S/C35H44ClN7O5/c1-22(44)43(33(46)48-35(5,6)7)29-19-23(15-16-28(29)42(18-17-40(8)9)32(45)47-34(2,3)4)38-31-37-20-26(36)30(39-31)25-21-41(10)27-14-12-11-13-24(25)27/h11-16,19-21H,17-18H2,1-10H3,(H,37,38,39). The van der Waals surface area contributed by atoms with Crippen LogP contribution in [0.5, 0.6) is 0 Å². The van der Waals surface area contributed by atoms with Gasteiger partial charge in [0.15, 0.2) is 0 Å². The van der Waals surface area contributed by atoms with Crippen molar-refractivity contribution >= 4 is 63.6 Å². The third-order valence-electron chi connectivity index (χ3n) is 6.94. The Kier molecular flexibility index (Phi) is 10.7. The lowest BCUT2D eigenvalue weighted by Crippen LogP contribution is -2.43. The first-order valence-electron chi connectivity index (χ1n) is 15.5. The Bertz CT molecular complexity index is 1820. The molecular weight excluding hydrogens is 634 g/mol. The number of carbonyl (C=O) groups is 3. The van der Waals surface area contributed by atoms with Crippen LogP contribution >= 0.6 is 11.6 Å². The molecule has 12 nitrogen and oxygen atoms in total. The van der Waals surface area contributed by atoms with Crippen molar-refractivity contribution in [1.82, 2.24) is 19.4 Å². The number of nitrogens with zero attached hydrogens (tertiary/aromatic N) is 6. The van der Waals surface area contributed by atoms with Gasteiger partial charge in [-0.3, -0.25) is 9.69 Å². The van der Waals surface area contributed by atoms with Crippen LogP contribution in [0.25, 0.3) is 22.2 Å². The zero-order valence-corrected chi connectivity index (χ0v) is 30.0. The van der Waals surface area contributed by atoms with Gasteiger partial charge < -0.3 is 24.3 Å². The van der Waals surface area contributed by atoms with E-state index in [9.17, 15) is 14.4 Å². The number of hydrogen-bond acceptors (Lipinski definition) is 9. The highest BCUT2D eigenvalue weighted by molar-refractivity contribution is 6.33. The van der Waals surface area contributed by atoms with Gasteiger partial charge in [-0.05, 0) is 79.9 Å². The molecule has 2 heterocycles. The minimum absolute atomic E-state index is 0.106. The first-order chi connectivity index (χ1) is 22.3. The van der Waals surface area contributed by atoms with Crippen molar-refractivity contribution in [2.45, 2.75) is 59.7 Å². The molecule has 256 valence electrons. The van der Waals surface area contributed by atoms with Gasteiger partial charge in [-0.2, -0.15) is 0 Å². The van der Waals surface area contributed by atoms with E-state index in [1.54, 1.807) is 59.7 Å². The lowest BCUT2D eigenvalue weighted by Gasteiger charge is -2.32. The van der Waals surface area contributed by atoms with E-state index in [0.717, 1.165) is 21.4 Å². The number of rotatable bonds is 8. The Labute approximate surface area is 286 Å². The topological polar surface area (TPSA) is 122 Å². The maximum absolute atomic E-state index is 13.6. The molecule has 3 amide bonds. The van der Waals surface area contributed by atoms with Crippen LogP contribution in [0.2, 0.25) is 5.02 Å². The first-order valence-corrected chi connectivity index (χ1v) is 15.9. The molecular formula is C35H44ClN7O5. The minimum atomic E-state index is -0.897. The molecule has 0 aliphatic rings. The van der Waals surface area contributed by atoms with Crippen LogP contribution in [0.1, 0.15) is 48.5 Å². The van der Waals surface area contributed by atoms with Crippen LogP contribution in [-0.4, -0.2) is 75.9 Å². The molecule has 4 rings (SSSR count). The van der Waals surface area contributed by atoms with Gasteiger partial charge in [0.25, 0.3) is 0 Å². The largest absolute Gasteiger partial charge is 0.443 e. The fourth-order valence-corrected chi connectivity index (χ4v) is 5.11. The van der Waals surface area contributed by atoms with Gasteiger partial charge in [0, 0.05) is 55.4 Å². The van der Waals surface area contributed by atoms with Crippen LogP contribution in [0, 0.1) is 0 Å². The summed E-state index contributed by atoms with van der Waals surface area (Å²) < 4.78 is 13.4.